The normalized spacial score (nSPS) is 11.0. The van der Waals surface area contributed by atoms with E-state index >= 15 is 0 Å². The number of aromatic nitrogens is 2. The lowest BCUT2D eigenvalue weighted by Gasteiger charge is -2.07. The smallest absolute Gasteiger partial charge is 0.284 e. The Bertz CT molecular complexity index is 776. The number of nitrogens with one attached hydrogen (secondary N) is 1. The minimum Gasteiger partial charge on any atom is -1.00 e. The van der Waals surface area contributed by atoms with Gasteiger partial charge in [0.05, 0.1) is 12.7 Å². The van der Waals surface area contributed by atoms with Crippen LogP contribution < -0.4 is 16.8 Å². The fourth-order valence-electron chi connectivity index (χ4n) is 2.57. The summed E-state index contributed by atoms with van der Waals surface area (Å²) in [5.74, 6) is 0. The molecule has 0 aliphatic carbocycles. The van der Waals surface area contributed by atoms with E-state index in [0.29, 0.717) is 0 Å². The predicted octanol–water partition coefficient (Wildman–Crippen LogP) is 0.448. The van der Waals surface area contributed by atoms with Gasteiger partial charge in [-0.25, -0.2) is 4.98 Å². The van der Waals surface area contributed by atoms with E-state index in [1.807, 2.05) is 12.1 Å². The molecule has 0 atom stereocenters. The van der Waals surface area contributed by atoms with Gasteiger partial charge in [0.25, 0.3) is 5.65 Å². The second-order valence-corrected chi connectivity index (χ2v) is 6.09. The number of imidazole rings is 1. The molecular formula is C17H19Cl2N3. The highest BCUT2D eigenvalue weighted by atomic mass is 35.5. The number of aryl methyl sites for hydroxylation is 1. The van der Waals surface area contributed by atoms with E-state index < -0.39 is 0 Å². The molecule has 0 amide bonds. The molecule has 0 saturated heterocycles. The van der Waals surface area contributed by atoms with E-state index in [4.69, 9.17) is 11.6 Å². The Balaban J connectivity index is 0.00000176. The summed E-state index contributed by atoms with van der Waals surface area (Å²) in [6.45, 7) is 2.97. The van der Waals surface area contributed by atoms with Crippen molar-refractivity contribution in [3.63, 3.8) is 0 Å². The molecule has 3 nitrogen and oxygen atoms in total. The first-order chi connectivity index (χ1) is 10.0. The van der Waals surface area contributed by atoms with E-state index in [-0.39, 0.29) is 12.4 Å². The summed E-state index contributed by atoms with van der Waals surface area (Å²) in [6, 6.07) is 12.3. The van der Waals surface area contributed by atoms with Gasteiger partial charge in [-0.15, -0.1) is 0 Å². The highest BCUT2D eigenvalue weighted by Gasteiger charge is 2.21. The van der Waals surface area contributed by atoms with Gasteiger partial charge in [-0.1, -0.05) is 11.6 Å². The van der Waals surface area contributed by atoms with Crippen LogP contribution in [0.25, 0.3) is 16.9 Å². The maximum atomic E-state index is 6.00. The summed E-state index contributed by atoms with van der Waals surface area (Å²) in [5.41, 5.74) is 5.90. The van der Waals surface area contributed by atoms with Gasteiger partial charge in [0.15, 0.2) is 11.4 Å². The van der Waals surface area contributed by atoms with Crippen molar-refractivity contribution < 1.29 is 16.8 Å². The molecule has 0 aliphatic heterocycles. The SMILES string of the molecule is Cc1cc[n+]2c(CN(C)C)c(-c3ccc(Cl)cc3)[nH]c2c1.[Cl-]. The van der Waals surface area contributed by atoms with Crippen molar-refractivity contribution in [3.8, 4) is 11.3 Å². The maximum absolute atomic E-state index is 6.00. The average Bonchev–Trinajstić information content (AvgIpc) is 2.77. The monoisotopic (exact) mass is 335 g/mol. The van der Waals surface area contributed by atoms with Gasteiger partial charge >= 0.3 is 0 Å². The minimum atomic E-state index is 0. The number of benzene rings is 1. The first kappa shape index (κ1) is 16.8. The van der Waals surface area contributed by atoms with Gasteiger partial charge in [0.2, 0.25) is 0 Å². The lowest BCUT2D eigenvalue weighted by atomic mass is 10.1. The Morgan fingerprint density at radius 1 is 1.14 bits per heavy atom. The largest absolute Gasteiger partial charge is 1.00 e. The van der Waals surface area contributed by atoms with Crippen LogP contribution in [0, 0.1) is 6.92 Å². The molecule has 0 radical (unpaired) electrons. The van der Waals surface area contributed by atoms with Crippen LogP contribution in [0.5, 0.6) is 0 Å². The summed E-state index contributed by atoms with van der Waals surface area (Å²) < 4.78 is 2.22. The lowest BCUT2D eigenvalue weighted by Crippen LogP contribution is -3.00. The van der Waals surface area contributed by atoms with Crippen molar-refractivity contribution >= 4 is 17.2 Å². The Kier molecular flexibility index (Phi) is 5.12. The number of hydrogen-bond acceptors (Lipinski definition) is 1. The van der Waals surface area contributed by atoms with Gasteiger partial charge in [-0.3, -0.25) is 0 Å². The molecule has 1 N–H and O–H groups in total. The maximum Gasteiger partial charge on any atom is 0.284 e. The van der Waals surface area contributed by atoms with Crippen LogP contribution in [-0.2, 0) is 6.54 Å². The van der Waals surface area contributed by atoms with Crippen LogP contribution in [0.1, 0.15) is 11.3 Å². The van der Waals surface area contributed by atoms with Crippen LogP contribution >= 0.6 is 11.6 Å². The molecule has 3 aromatic rings. The molecule has 3 rings (SSSR count). The molecule has 0 aliphatic rings. The number of halogens is 2. The summed E-state index contributed by atoms with van der Waals surface area (Å²) in [6.07, 6.45) is 2.12. The molecule has 116 valence electrons. The van der Waals surface area contributed by atoms with Gasteiger partial charge < -0.3 is 17.3 Å². The molecule has 5 heteroatoms. The van der Waals surface area contributed by atoms with Gasteiger partial charge in [-0.05, 0) is 56.9 Å². The quantitative estimate of drug-likeness (QED) is 0.690. The number of aromatic amines is 1. The summed E-state index contributed by atoms with van der Waals surface area (Å²) in [5, 5.41) is 0.757. The zero-order valence-electron chi connectivity index (χ0n) is 12.9. The Morgan fingerprint density at radius 3 is 2.45 bits per heavy atom. The van der Waals surface area contributed by atoms with Crippen molar-refractivity contribution in [2.75, 3.05) is 14.1 Å². The molecule has 0 fully saturated rings. The molecule has 0 unspecified atom stereocenters. The van der Waals surface area contributed by atoms with Crippen molar-refractivity contribution in [3.05, 3.63) is 58.9 Å². The van der Waals surface area contributed by atoms with Gasteiger partial charge in [0.1, 0.15) is 0 Å². The number of fused-ring (bicyclic) bond motifs is 1. The summed E-state index contributed by atoms with van der Waals surface area (Å²) in [7, 11) is 4.17. The molecule has 1 aromatic carbocycles. The zero-order valence-corrected chi connectivity index (χ0v) is 14.4. The lowest BCUT2D eigenvalue weighted by molar-refractivity contribution is -0.520. The number of pyridine rings is 1. The van der Waals surface area contributed by atoms with Gasteiger partial charge in [-0.2, -0.15) is 4.40 Å². The van der Waals surface area contributed by atoms with Crippen LogP contribution in [0.4, 0.5) is 0 Å². The average molecular weight is 336 g/mol. The molecule has 2 heterocycles. The van der Waals surface area contributed by atoms with E-state index in [1.165, 1.54) is 11.3 Å². The Labute approximate surface area is 142 Å². The van der Waals surface area contributed by atoms with Crippen LogP contribution in [0.15, 0.2) is 42.6 Å². The summed E-state index contributed by atoms with van der Waals surface area (Å²) in [4.78, 5) is 5.71. The van der Waals surface area contributed by atoms with Crippen molar-refractivity contribution in [1.82, 2.24) is 9.88 Å². The molecule has 0 saturated carbocycles. The Hall–Kier alpha value is -1.55. The third kappa shape index (κ3) is 3.27. The molecule has 0 spiro atoms. The third-order valence-electron chi connectivity index (χ3n) is 3.54. The van der Waals surface area contributed by atoms with E-state index in [9.17, 15) is 0 Å². The second kappa shape index (κ2) is 6.69. The van der Waals surface area contributed by atoms with Crippen molar-refractivity contribution in [1.29, 1.82) is 0 Å². The fourth-order valence-corrected chi connectivity index (χ4v) is 2.69. The highest BCUT2D eigenvalue weighted by molar-refractivity contribution is 6.30. The minimum absolute atomic E-state index is 0. The first-order valence-electron chi connectivity index (χ1n) is 6.98. The standard InChI is InChI=1S/C17H18ClN3.ClH/c1-12-8-9-21-15(11-20(2)3)17(19-16(21)10-12)13-4-6-14(18)7-5-13;/h4-10H,11H2,1-3H3;1H. The van der Waals surface area contributed by atoms with E-state index in [1.54, 1.807) is 0 Å². The number of H-pyrrole nitrogens is 1. The second-order valence-electron chi connectivity index (χ2n) is 5.65. The first-order valence-corrected chi connectivity index (χ1v) is 7.36. The number of rotatable bonds is 3. The van der Waals surface area contributed by atoms with Crippen molar-refractivity contribution in [2.45, 2.75) is 13.5 Å². The number of hydrogen-bond donors (Lipinski definition) is 1. The zero-order chi connectivity index (χ0) is 15.0. The fraction of sp³-hybridized carbons (Fsp3) is 0.235. The summed E-state index contributed by atoms with van der Waals surface area (Å²) >= 11 is 6.00. The molecular weight excluding hydrogens is 317 g/mol. The van der Waals surface area contributed by atoms with Crippen molar-refractivity contribution in [2.24, 2.45) is 0 Å². The van der Waals surface area contributed by atoms with Gasteiger partial charge in [0, 0.05) is 16.7 Å². The number of nitrogens with zero attached hydrogens (tertiary/aromatic N) is 2. The van der Waals surface area contributed by atoms with Crippen LogP contribution in [0.2, 0.25) is 5.02 Å². The third-order valence-corrected chi connectivity index (χ3v) is 3.79. The topological polar surface area (TPSA) is 23.1 Å². The molecule has 0 bridgehead atoms. The highest BCUT2D eigenvalue weighted by Crippen LogP contribution is 2.24. The van der Waals surface area contributed by atoms with E-state index in [0.717, 1.165) is 28.5 Å². The van der Waals surface area contributed by atoms with Crippen LogP contribution in [-0.4, -0.2) is 24.0 Å². The predicted molar refractivity (Wildman–Crippen MR) is 86.5 cm³/mol. The molecule has 22 heavy (non-hydrogen) atoms. The van der Waals surface area contributed by atoms with E-state index in [2.05, 4.69) is 65.8 Å². The Morgan fingerprint density at radius 2 is 1.82 bits per heavy atom. The van der Waals surface area contributed by atoms with Crippen LogP contribution in [0.3, 0.4) is 0 Å². The molecule has 2 aromatic heterocycles.